The molecule has 2 aromatic heterocycles. The van der Waals surface area contributed by atoms with Crippen LogP contribution in [0.15, 0.2) is 58.4 Å². The normalized spacial score (nSPS) is 11.8. The molecule has 0 aliphatic carbocycles. The Balaban J connectivity index is 0.000000289. The molecule has 0 bridgehead atoms. The summed E-state index contributed by atoms with van der Waals surface area (Å²) in [5.74, 6) is -0.722. The van der Waals surface area contributed by atoms with Crippen molar-refractivity contribution in [3.05, 3.63) is 93.2 Å². The van der Waals surface area contributed by atoms with Crippen LogP contribution in [-0.4, -0.2) is 40.1 Å². The maximum absolute atomic E-state index is 14.2. The molecule has 2 aromatic carbocycles. The number of H-pyrrole nitrogens is 1. The summed E-state index contributed by atoms with van der Waals surface area (Å²) in [6, 6.07) is 12.8. The lowest BCUT2D eigenvalue weighted by Gasteiger charge is -2.21. The van der Waals surface area contributed by atoms with Gasteiger partial charge in [-0.25, -0.2) is 13.6 Å². The van der Waals surface area contributed by atoms with Gasteiger partial charge >= 0.3 is 5.69 Å². The van der Waals surface area contributed by atoms with E-state index in [2.05, 4.69) is 47.1 Å². The highest BCUT2D eigenvalue weighted by molar-refractivity contribution is 5.76. The van der Waals surface area contributed by atoms with Gasteiger partial charge in [-0.3, -0.25) is 9.56 Å². The van der Waals surface area contributed by atoms with Crippen LogP contribution in [-0.2, 0) is 23.8 Å². The molecule has 46 heavy (non-hydrogen) atoms. The van der Waals surface area contributed by atoms with E-state index in [1.165, 1.54) is 12.1 Å². The number of hydrogen-bond donors (Lipinski definition) is 5. The number of halogens is 2. The number of rotatable bonds is 11. The fourth-order valence-electron chi connectivity index (χ4n) is 4.85. The number of benzene rings is 2. The number of aromatic amines is 1. The van der Waals surface area contributed by atoms with E-state index in [4.69, 9.17) is 17.2 Å². The average Bonchev–Trinajstić information content (AvgIpc) is 3.40. The quantitative estimate of drug-likeness (QED) is 0.0855. The van der Waals surface area contributed by atoms with E-state index in [0.29, 0.717) is 30.7 Å². The highest BCUT2D eigenvalue weighted by Crippen LogP contribution is 2.29. The number of hydrogen-bond acceptors (Lipinski definition) is 5. The monoisotopic (exact) mass is 636 g/mol. The van der Waals surface area contributed by atoms with Crippen LogP contribution in [0, 0.1) is 11.6 Å². The van der Waals surface area contributed by atoms with Gasteiger partial charge in [0.1, 0.15) is 17.3 Å². The zero-order chi connectivity index (χ0) is 34.1. The van der Waals surface area contributed by atoms with Gasteiger partial charge in [0.2, 0.25) is 0 Å². The molecule has 4 rings (SSSR count). The third kappa shape index (κ3) is 10.2. The van der Waals surface area contributed by atoms with Crippen LogP contribution in [0.4, 0.5) is 8.78 Å². The van der Waals surface area contributed by atoms with Crippen LogP contribution in [0.3, 0.4) is 0 Å². The van der Waals surface area contributed by atoms with Crippen LogP contribution in [0.2, 0.25) is 0 Å². The Labute approximate surface area is 270 Å². The van der Waals surface area contributed by atoms with Crippen molar-refractivity contribution in [1.29, 1.82) is 0 Å². The van der Waals surface area contributed by atoms with Gasteiger partial charge in [-0.2, -0.15) is 4.98 Å². The number of nitrogens with one attached hydrogen (secondary N) is 2. The van der Waals surface area contributed by atoms with Crippen LogP contribution in [0.1, 0.15) is 83.2 Å². The van der Waals surface area contributed by atoms with Gasteiger partial charge in [-0.1, -0.05) is 59.7 Å². The molecule has 8 N–H and O–H groups in total. The lowest BCUT2D eigenvalue weighted by Crippen LogP contribution is -2.23. The Kier molecular flexibility index (Phi) is 12.6. The van der Waals surface area contributed by atoms with Gasteiger partial charge in [0.25, 0.3) is 0 Å². The molecule has 0 amide bonds. The third-order valence-corrected chi connectivity index (χ3v) is 7.54. The standard InChI is InChI=1S/C21H29N7O.C14H21F2N/c1-21(2,3)17-11-15-13-28(20(29)27-18(15)26-17)16-7-5-14(6-8-16)12-24-9-4-10-25-19(22)23;1-14(2,3)11-7-8-12(15)10(13(11)16)6-4-5-9-17/h5-8,11,13,24H,4,9-10,12H2,1-3H3,(H4,22,23,25)(H,26,27,29);7-8H,4-6,9,17H2,1-3H3. The summed E-state index contributed by atoms with van der Waals surface area (Å²) in [5.41, 5.74) is 19.7. The van der Waals surface area contributed by atoms with E-state index in [0.717, 1.165) is 54.7 Å². The molecule has 0 unspecified atom stereocenters. The first kappa shape index (κ1) is 36.4. The Bertz CT molecular complexity index is 1660. The predicted octanol–water partition coefficient (Wildman–Crippen LogP) is 5.31. The molecule has 4 aromatic rings. The first-order valence-electron chi connectivity index (χ1n) is 15.8. The maximum atomic E-state index is 14.2. The summed E-state index contributed by atoms with van der Waals surface area (Å²) in [6.07, 6.45) is 4.63. The SMILES string of the molecule is CC(C)(C)c1cc2cn(-c3ccc(CNCCCN=C(N)N)cc3)c(=O)nc2[nH]1.CC(C)(C)c1ccc(F)c(CCCCN)c1F. The number of nitrogens with zero attached hydrogens (tertiary/aromatic N) is 3. The van der Waals surface area contributed by atoms with Crippen LogP contribution >= 0.6 is 0 Å². The second-order valence-electron chi connectivity index (χ2n) is 13.5. The van der Waals surface area contributed by atoms with Gasteiger partial charge in [0, 0.05) is 41.3 Å². The fourth-order valence-corrected chi connectivity index (χ4v) is 4.85. The Morgan fingerprint density at radius 1 is 0.978 bits per heavy atom. The van der Waals surface area contributed by atoms with Crippen molar-refractivity contribution >= 4 is 17.0 Å². The van der Waals surface area contributed by atoms with Gasteiger partial charge in [-0.05, 0) is 79.6 Å². The molecule has 11 heteroatoms. The van der Waals surface area contributed by atoms with Crippen molar-refractivity contribution in [2.45, 2.75) is 84.6 Å². The van der Waals surface area contributed by atoms with E-state index in [-0.39, 0.29) is 28.0 Å². The highest BCUT2D eigenvalue weighted by atomic mass is 19.1. The molecule has 0 spiro atoms. The van der Waals surface area contributed by atoms with Crippen molar-refractivity contribution in [1.82, 2.24) is 19.9 Å². The first-order chi connectivity index (χ1) is 21.6. The van der Waals surface area contributed by atoms with E-state index >= 15 is 0 Å². The molecule has 0 saturated heterocycles. The molecule has 0 aliphatic rings. The van der Waals surface area contributed by atoms with Crippen molar-refractivity contribution in [3.8, 4) is 5.69 Å². The molecule has 0 saturated carbocycles. The number of aromatic nitrogens is 3. The van der Waals surface area contributed by atoms with E-state index in [1.54, 1.807) is 4.57 Å². The minimum atomic E-state index is -0.451. The second-order valence-corrected chi connectivity index (χ2v) is 13.5. The lowest BCUT2D eigenvalue weighted by atomic mass is 9.85. The summed E-state index contributed by atoms with van der Waals surface area (Å²) in [7, 11) is 0. The molecule has 2 heterocycles. The zero-order valence-electron chi connectivity index (χ0n) is 28.0. The number of aliphatic imine (C=N–C) groups is 1. The van der Waals surface area contributed by atoms with Crippen LogP contribution in [0.25, 0.3) is 16.7 Å². The van der Waals surface area contributed by atoms with E-state index in [9.17, 15) is 13.6 Å². The molecule has 0 aliphatic heterocycles. The average molecular weight is 637 g/mol. The molecular weight excluding hydrogens is 586 g/mol. The molecule has 9 nitrogen and oxygen atoms in total. The molecular formula is C35H50F2N8O. The van der Waals surface area contributed by atoms with Crippen LogP contribution in [0.5, 0.6) is 0 Å². The van der Waals surface area contributed by atoms with Gasteiger partial charge < -0.3 is 27.5 Å². The minimum absolute atomic E-state index is 0.0352. The van der Waals surface area contributed by atoms with Crippen LogP contribution < -0.4 is 28.2 Å². The van der Waals surface area contributed by atoms with Crippen molar-refractivity contribution in [2.75, 3.05) is 19.6 Å². The lowest BCUT2D eigenvalue weighted by molar-refractivity contribution is 0.493. The Morgan fingerprint density at radius 3 is 2.28 bits per heavy atom. The largest absolute Gasteiger partial charge is 0.370 e. The van der Waals surface area contributed by atoms with Crippen molar-refractivity contribution < 1.29 is 8.78 Å². The second kappa shape index (κ2) is 16.0. The number of nitrogens with two attached hydrogens (primary N) is 3. The zero-order valence-corrected chi connectivity index (χ0v) is 28.0. The first-order valence-corrected chi connectivity index (χ1v) is 15.8. The molecule has 0 fully saturated rings. The summed E-state index contributed by atoms with van der Waals surface area (Å²) < 4.78 is 29.3. The van der Waals surface area contributed by atoms with E-state index in [1.807, 2.05) is 51.2 Å². The topological polar surface area (TPSA) is 153 Å². The number of unbranched alkanes of at least 4 members (excludes halogenated alkanes) is 1. The predicted molar refractivity (Wildman–Crippen MR) is 184 cm³/mol. The fraction of sp³-hybridized carbons (Fsp3) is 0.457. The summed E-state index contributed by atoms with van der Waals surface area (Å²) in [5, 5.41) is 4.27. The number of fused-ring (bicyclic) bond motifs is 1. The molecule has 0 atom stereocenters. The molecule has 0 radical (unpaired) electrons. The van der Waals surface area contributed by atoms with E-state index < -0.39 is 11.6 Å². The minimum Gasteiger partial charge on any atom is -0.370 e. The highest BCUT2D eigenvalue weighted by Gasteiger charge is 2.22. The van der Waals surface area contributed by atoms with Crippen molar-refractivity contribution in [2.24, 2.45) is 22.2 Å². The van der Waals surface area contributed by atoms with Gasteiger partial charge in [-0.15, -0.1) is 0 Å². The summed E-state index contributed by atoms with van der Waals surface area (Å²) >= 11 is 0. The summed E-state index contributed by atoms with van der Waals surface area (Å²) in [6.45, 7) is 14.9. The number of guanidine groups is 1. The third-order valence-electron chi connectivity index (χ3n) is 7.54. The smallest absolute Gasteiger partial charge is 0.354 e. The summed E-state index contributed by atoms with van der Waals surface area (Å²) in [4.78, 5) is 23.9. The Morgan fingerprint density at radius 2 is 1.67 bits per heavy atom. The van der Waals surface area contributed by atoms with Crippen molar-refractivity contribution in [3.63, 3.8) is 0 Å². The van der Waals surface area contributed by atoms with Gasteiger partial charge in [0.05, 0.1) is 5.69 Å². The van der Waals surface area contributed by atoms with Gasteiger partial charge in [0.15, 0.2) is 5.96 Å². The Hall–Kier alpha value is -4.09. The molecule has 250 valence electrons. The maximum Gasteiger partial charge on any atom is 0.354 e.